The van der Waals surface area contributed by atoms with Crippen molar-refractivity contribution in [2.45, 2.75) is 6.92 Å². The number of rotatable bonds is 2. The van der Waals surface area contributed by atoms with Crippen molar-refractivity contribution in [1.29, 1.82) is 0 Å². The molecule has 2 rings (SSSR count). The Hall–Kier alpha value is -2.17. The summed E-state index contributed by atoms with van der Waals surface area (Å²) >= 11 is 0. The average molecular weight is 235 g/mol. The largest absolute Gasteiger partial charge is 0.384 e. The van der Waals surface area contributed by atoms with Crippen LogP contribution in [0.1, 0.15) is 5.56 Å². The first-order valence-electron chi connectivity index (χ1n) is 5.00. The van der Waals surface area contributed by atoms with Gasteiger partial charge in [0.2, 0.25) is 0 Å². The monoisotopic (exact) mass is 235 g/mol. The minimum absolute atomic E-state index is 0.0691. The Balaban J connectivity index is 2.30. The van der Waals surface area contributed by atoms with Gasteiger partial charge in [-0.05, 0) is 30.7 Å². The lowest BCUT2D eigenvalue weighted by Crippen LogP contribution is -1.98. The van der Waals surface area contributed by atoms with Crippen molar-refractivity contribution < 1.29 is 8.78 Å². The van der Waals surface area contributed by atoms with Gasteiger partial charge in [-0.15, -0.1) is 0 Å². The van der Waals surface area contributed by atoms with E-state index in [1.807, 2.05) is 0 Å². The molecule has 3 nitrogen and oxygen atoms in total. The number of aromatic nitrogens is 1. The number of hydrogen-bond donors (Lipinski definition) is 2. The first kappa shape index (κ1) is 11.3. The summed E-state index contributed by atoms with van der Waals surface area (Å²) in [7, 11) is 0. The topological polar surface area (TPSA) is 50.9 Å². The number of aryl methyl sites for hydroxylation is 1. The van der Waals surface area contributed by atoms with E-state index in [1.54, 1.807) is 12.1 Å². The summed E-state index contributed by atoms with van der Waals surface area (Å²) in [5.74, 6) is -0.607. The lowest BCUT2D eigenvalue weighted by atomic mass is 10.2. The Bertz CT molecular complexity index is 538. The normalized spacial score (nSPS) is 10.3. The number of nitrogens with one attached hydrogen (secondary N) is 1. The van der Waals surface area contributed by atoms with E-state index >= 15 is 0 Å². The van der Waals surface area contributed by atoms with Gasteiger partial charge in [-0.2, -0.15) is 0 Å². The molecule has 0 amide bonds. The third-order valence-corrected chi connectivity index (χ3v) is 2.31. The zero-order valence-corrected chi connectivity index (χ0v) is 9.17. The predicted molar refractivity (Wildman–Crippen MR) is 63.0 cm³/mol. The zero-order chi connectivity index (χ0) is 12.4. The highest BCUT2D eigenvalue weighted by atomic mass is 19.1. The van der Waals surface area contributed by atoms with Crippen molar-refractivity contribution in [2.24, 2.45) is 0 Å². The molecule has 1 heterocycles. The summed E-state index contributed by atoms with van der Waals surface area (Å²) in [5.41, 5.74) is 6.30. The standard InChI is InChI=1S/C12H11F2N3/c1-7-4-10(14)11(5-9(7)13)17-8-2-3-12(15)16-6-8/h2-6,17H,1H3,(H2,15,16). The molecule has 0 aliphatic carbocycles. The summed E-state index contributed by atoms with van der Waals surface area (Å²) in [6.45, 7) is 1.51. The molecule has 0 spiro atoms. The van der Waals surface area contributed by atoms with E-state index in [1.165, 1.54) is 13.1 Å². The van der Waals surface area contributed by atoms with Gasteiger partial charge in [-0.3, -0.25) is 0 Å². The van der Waals surface area contributed by atoms with Crippen LogP contribution in [0.15, 0.2) is 30.5 Å². The highest BCUT2D eigenvalue weighted by Gasteiger charge is 2.07. The van der Waals surface area contributed by atoms with Crippen molar-refractivity contribution in [2.75, 3.05) is 11.1 Å². The first-order chi connectivity index (χ1) is 8.06. The summed E-state index contributed by atoms with van der Waals surface area (Å²) in [6, 6.07) is 5.47. The number of nitrogen functional groups attached to an aromatic ring is 1. The molecule has 2 aromatic rings. The molecule has 0 unspecified atom stereocenters. The van der Waals surface area contributed by atoms with E-state index < -0.39 is 11.6 Å². The second kappa shape index (κ2) is 4.37. The molecule has 0 aliphatic rings. The van der Waals surface area contributed by atoms with Gasteiger partial charge in [-0.25, -0.2) is 13.8 Å². The van der Waals surface area contributed by atoms with Crippen LogP contribution in [-0.4, -0.2) is 4.98 Å². The molecule has 0 radical (unpaired) electrons. The molecule has 1 aromatic carbocycles. The predicted octanol–water partition coefficient (Wildman–Crippen LogP) is 2.99. The van der Waals surface area contributed by atoms with Crippen LogP contribution in [0, 0.1) is 18.6 Å². The average Bonchev–Trinajstić information content (AvgIpc) is 2.29. The van der Waals surface area contributed by atoms with Crippen LogP contribution in [0.3, 0.4) is 0 Å². The van der Waals surface area contributed by atoms with Gasteiger partial charge >= 0.3 is 0 Å². The van der Waals surface area contributed by atoms with Crippen LogP contribution in [0.2, 0.25) is 0 Å². The van der Waals surface area contributed by atoms with Crippen molar-refractivity contribution >= 4 is 17.2 Å². The van der Waals surface area contributed by atoms with Crippen LogP contribution in [0.25, 0.3) is 0 Å². The zero-order valence-electron chi connectivity index (χ0n) is 9.17. The van der Waals surface area contributed by atoms with Gasteiger partial charge in [-0.1, -0.05) is 0 Å². The van der Waals surface area contributed by atoms with Crippen molar-refractivity contribution in [3.63, 3.8) is 0 Å². The van der Waals surface area contributed by atoms with Crippen molar-refractivity contribution in [3.05, 3.63) is 47.7 Å². The second-order valence-corrected chi connectivity index (χ2v) is 3.68. The summed E-state index contributed by atoms with van der Waals surface area (Å²) in [4.78, 5) is 3.84. The minimum atomic E-state index is -0.513. The van der Waals surface area contributed by atoms with Gasteiger partial charge < -0.3 is 11.1 Å². The lowest BCUT2D eigenvalue weighted by Gasteiger charge is -2.08. The van der Waals surface area contributed by atoms with Gasteiger partial charge in [0.15, 0.2) is 0 Å². The fourth-order valence-corrected chi connectivity index (χ4v) is 1.38. The molecule has 0 bridgehead atoms. The Morgan fingerprint density at radius 2 is 1.94 bits per heavy atom. The molecular weight excluding hydrogens is 224 g/mol. The molecule has 17 heavy (non-hydrogen) atoms. The van der Waals surface area contributed by atoms with E-state index in [2.05, 4.69) is 10.3 Å². The molecule has 0 saturated carbocycles. The third kappa shape index (κ3) is 2.50. The lowest BCUT2D eigenvalue weighted by molar-refractivity contribution is 0.595. The Morgan fingerprint density at radius 1 is 1.18 bits per heavy atom. The maximum absolute atomic E-state index is 13.5. The number of hydrogen-bond acceptors (Lipinski definition) is 3. The van der Waals surface area contributed by atoms with Crippen LogP contribution in [-0.2, 0) is 0 Å². The van der Waals surface area contributed by atoms with Gasteiger partial charge in [0.1, 0.15) is 17.5 Å². The first-order valence-corrected chi connectivity index (χ1v) is 5.00. The number of halogens is 2. The van der Waals surface area contributed by atoms with E-state index in [4.69, 9.17) is 5.73 Å². The van der Waals surface area contributed by atoms with Crippen LogP contribution in [0.5, 0.6) is 0 Å². The highest BCUT2D eigenvalue weighted by Crippen LogP contribution is 2.22. The number of nitrogens with zero attached hydrogens (tertiary/aromatic N) is 1. The number of benzene rings is 1. The van der Waals surface area contributed by atoms with E-state index in [-0.39, 0.29) is 11.3 Å². The van der Waals surface area contributed by atoms with Crippen molar-refractivity contribution in [3.8, 4) is 0 Å². The van der Waals surface area contributed by atoms with Crippen LogP contribution >= 0.6 is 0 Å². The van der Waals surface area contributed by atoms with E-state index in [0.717, 1.165) is 12.1 Å². The van der Waals surface area contributed by atoms with Gasteiger partial charge in [0, 0.05) is 6.07 Å². The third-order valence-electron chi connectivity index (χ3n) is 2.31. The van der Waals surface area contributed by atoms with Crippen LogP contribution in [0.4, 0.5) is 26.0 Å². The maximum atomic E-state index is 13.5. The number of pyridine rings is 1. The summed E-state index contributed by atoms with van der Waals surface area (Å²) in [6.07, 6.45) is 1.45. The Morgan fingerprint density at radius 3 is 2.59 bits per heavy atom. The quantitative estimate of drug-likeness (QED) is 0.841. The Labute approximate surface area is 97.3 Å². The fourth-order valence-electron chi connectivity index (χ4n) is 1.38. The van der Waals surface area contributed by atoms with Gasteiger partial charge in [0.05, 0.1) is 17.6 Å². The fraction of sp³-hybridized carbons (Fsp3) is 0.0833. The van der Waals surface area contributed by atoms with Gasteiger partial charge in [0.25, 0.3) is 0 Å². The SMILES string of the molecule is Cc1cc(F)c(Nc2ccc(N)nc2)cc1F. The summed E-state index contributed by atoms with van der Waals surface area (Å²) in [5, 5.41) is 2.73. The summed E-state index contributed by atoms with van der Waals surface area (Å²) < 4.78 is 26.8. The molecule has 1 aromatic heterocycles. The second-order valence-electron chi connectivity index (χ2n) is 3.68. The molecule has 5 heteroatoms. The number of nitrogens with two attached hydrogens (primary N) is 1. The van der Waals surface area contributed by atoms with E-state index in [0.29, 0.717) is 11.5 Å². The molecule has 0 fully saturated rings. The van der Waals surface area contributed by atoms with Crippen LogP contribution < -0.4 is 11.1 Å². The van der Waals surface area contributed by atoms with E-state index in [9.17, 15) is 8.78 Å². The molecule has 0 saturated heterocycles. The van der Waals surface area contributed by atoms with Crippen molar-refractivity contribution in [1.82, 2.24) is 4.98 Å². The molecule has 3 N–H and O–H groups in total. The Kier molecular flexibility index (Phi) is 2.91. The molecule has 88 valence electrons. The number of anilines is 3. The highest BCUT2D eigenvalue weighted by molar-refractivity contribution is 5.60. The minimum Gasteiger partial charge on any atom is -0.384 e. The molecular formula is C12H11F2N3. The molecule has 0 aliphatic heterocycles. The smallest absolute Gasteiger partial charge is 0.147 e. The maximum Gasteiger partial charge on any atom is 0.147 e. The molecule has 0 atom stereocenters.